The fourth-order valence-electron chi connectivity index (χ4n) is 4.41. The van der Waals surface area contributed by atoms with E-state index < -0.39 is 16.1 Å². The molecule has 0 aliphatic carbocycles. The average Bonchev–Trinajstić information content (AvgIpc) is 2.84. The minimum Gasteiger partial charge on any atom is -0.351 e. The number of amides is 2. The predicted molar refractivity (Wildman–Crippen MR) is 132 cm³/mol. The largest absolute Gasteiger partial charge is 0.351 e. The van der Waals surface area contributed by atoms with Crippen molar-refractivity contribution in [3.8, 4) is 0 Å². The molecule has 0 bridgehead atoms. The van der Waals surface area contributed by atoms with E-state index in [0.29, 0.717) is 18.2 Å². The lowest BCUT2D eigenvalue weighted by atomic mass is 10.0. The van der Waals surface area contributed by atoms with Gasteiger partial charge in [0.15, 0.2) is 0 Å². The third-order valence-electron chi connectivity index (χ3n) is 6.21. The summed E-state index contributed by atoms with van der Waals surface area (Å²) >= 11 is 0. The van der Waals surface area contributed by atoms with E-state index in [1.807, 2.05) is 24.3 Å². The summed E-state index contributed by atoms with van der Waals surface area (Å²) in [5.74, 6) is -1.07. The van der Waals surface area contributed by atoms with Crippen LogP contribution in [0.4, 0.5) is 4.39 Å². The molecule has 35 heavy (non-hydrogen) atoms. The maximum Gasteiger partial charge on any atom is 0.243 e. The molecule has 2 N–H and O–H groups in total. The number of rotatable bonds is 7. The number of nitrogens with zero attached hydrogens (tertiary/aromatic N) is 1. The summed E-state index contributed by atoms with van der Waals surface area (Å²) in [6, 6.07) is 17.4. The number of halogens is 1. The quantitative estimate of drug-likeness (QED) is 0.525. The second kappa shape index (κ2) is 10.5. The average molecular weight is 498 g/mol. The zero-order chi connectivity index (χ0) is 25.0. The van der Waals surface area contributed by atoms with Gasteiger partial charge in [-0.05, 0) is 42.0 Å². The van der Waals surface area contributed by atoms with Crippen molar-refractivity contribution in [3.63, 3.8) is 0 Å². The summed E-state index contributed by atoms with van der Waals surface area (Å²) < 4.78 is 41.4. The van der Waals surface area contributed by atoms with E-state index in [1.165, 1.54) is 23.4 Å². The van der Waals surface area contributed by atoms with Gasteiger partial charge in [-0.25, -0.2) is 12.8 Å². The van der Waals surface area contributed by atoms with Crippen molar-refractivity contribution in [2.45, 2.75) is 43.2 Å². The molecule has 0 radical (unpaired) electrons. The molecule has 0 spiro atoms. The summed E-state index contributed by atoms with van der Waals surface area (Å²) in [5, 5.41) is 7.15. The van der Waals surface area contributed by atoms with E-state index in [1.54, 1.807) is 30.3 Å². The molecule has 1 aliphatic rings. The van der Waals surface area contributed by atoms with Crippen LogP contribution in [0.2, 0.25) is 0 Å². The van der Waals surface area contributed by atoms with Crippen LogP contribution in [-0.2, 0) is 26.0 Å². The first kappa shape index (κ1) is 24.8. The molecule has 3 aromatic rings. The number of hydrogen-bond donors (Lipinski definition) is 2. The van der Waals surface area contributed by atoms with Crippen molar-refractivity contribution in [3.05, 3.63) is 78.1 Å². The molecule has 9 heteroatoms. The molecule has 1 fully saturated rings. The van der Waals surface area contributed by atoms with E-state index in [0.717, 1.165) is 10.9 Å². The van der Waals surface area contributed by atoms with Crippen molar-refractivity contribution in [2.75, 3.05) is 13.1 Å². The summed E-state index contributed by atoms with van der Waals surface area (Å²) in [4.78, 5) is 24.9. The first-order valence-corrected chi connectivity index (χ1v) is 13.0. The van der Waals surface area contributed by atoms with E-state index in [2.05, 4.69) is 10.6 Å². The number of carbonyl (C=O) groups is 2. The van der Waals surface area contributed by atoms with Crippen LogP contribution in [0.15, 0.2) is 71.6 Å². The second-order valence-electron chi connectivity index (χ2n) is 8.75. The van der Waals surface area contributed by atoms with Gasteiger partial charge < -0.3 is 10.6 Å². The van der Waals surface area contributed by atoms with Crippen LogP contribution >= 0.6 is 0 Å². The monoisotopic (exact) mass is 497 g/mol. The van der Waals surface area contributed by atoms with Gasteiger partial charge in [0.05, 0.1) is 4.90 Å². The van der Waals surface area contributed by atoms with Gasteiger partial charge in [0.25, 0.3) is 0 Å². The van der Waals surface area contributed by atoms with Crippen LogP contribution in [0.5, 0.6) is 0 Å². The van der Waals surface area contributed by atoms with Crippen LogP contribution in [0, 0.1) is 5.82 Å². The maximum absolute atomic E-state index is 13.4. The van der Waals surface area contributed by atoms with E-state index in [4.69, 9.17) is 0 Å². The Balaban J connectivity index is 1.40. The molecule has 7 nitrogen and oxygen atoms in total. The lowest BCUT2D eigenvalue weighted by Crippen LogP contribution is -2.53. The number of carbonyl (C=O) groups excluding carboxylic acids is 2. The fraction of sp³-hybridized carbons (Fsp3) is 0.308. The minimum absolute atomic E-state index is 0.217. The molecular formula is C26H28FN3O4S. The van der Waals surface area contributed by atoms with E-state index in [-0.39, 0.29) is 48.1 Å². The molecule has 184 valence electrons. The standard InChI is InChI=1S/C26H28FN3O4S/c1-18(31)28-24(17-19-9-11-21(27)12-10-19)26(32)29-22-13-15-30(16-14-22)35(33,34)25-8-4-6-20-5-2-3-7-23(20)25/h2-12,22,24H,13-17H2,1H3,(H,28,31)(H,29,32)/t24-/m1/s1. The molecule has 3 aromatic carbocycles. The van der Waals surface area contributed by atoms with Crippen LogP contribution in [0.1, 0.15) is 25.3 Å². The summed E-state index contributed by atoms with van der Waals surface area (Å²) in [6.07, 6.45) is 1.14. The van der Waals surface area contributed by atoms with Gasteiger partial charge in [0, 0.05) is 37.9 Å². The second-order valence-corrected chi connectivity index (χ2v) is 10.7. The lowest BCUT2D eigenvalue weighted by Gasteiger charge is -2.32. The third kappa shape index (κ3) is 5.86. The number of benzene rings is 3. The molecule has 1 atom stereocenters. The smallest absolute Gasteiger partial charge is 0.243 e. The zero-order valence-electron chi connectivity index (χ0n) is 19.4. The van der Waals surface area contributed by atoms with Gasteiger partial charge in [-0.15, -0.1) is 0 Å². The number of fused-ring (bicyclic) bond motifs is 1. The predicted octanol–water partition coefficient (Wildman–Crippen LogP) is 3.00. The highest BCUT2D eigenvalue weighted by molar-refractivity contribution is 7.89. The Labute approximate surface area is 204 Å². The molecule has 0 saturated carbocycles. The van der Waals surface area contributed by atoms with Crippen molar-refractivity contribution in [1.82, 2.24) is 14.9 Å². The van der Waals surface area contributed by atoms with Crippen molar-refractivity contribution >= 4 is 32.6 Å². The van der Waals surface area contributed by atoms with Gasteiger partial charge in [0.1, 0.15) is 11.9 Å². The van der Waals surface area contributed by atoms with Gasteiger partial charge in [-0.1, -0.05) is 48.5 Å². The Morgan fingerprint density at radius 3 is 2.34 bits per heavy atom. The van der Waals surface area contributed by atoms with Crippen LogP contribution in [0.25, 0.3) is 10.8 Å². The highest BCUT2D eigenvalue weighted by Gasteiger charge is 2.32. The number of piperidine rings is 1. The van der Waals surface area contributed by atoms with Crippen molar-refractivity contribution in [1.29, 1.82) is 0 Å². The molecule has 0 aromatic heterocycles. The Hall–Kier alpha value is -3.30. The van der Waals surface area contributed by atoms with Crippen molar-refractivity contribution in [2.24, 2.45) is 0 Å². The number of nitrogens with one attached hydrogen (secondary N) is 2. The summed E-state index contributed by atoms with van der Waals surface area (Å²) in [6.45, 7) is 1.89. The molecule has 1 aliphatic heterocycles. The van der Waals surface area contributed by atoms with Gasteiger partial charge in [-0.3, -0.25) is 9.59 Å². The molecular weight excluding hydrogens is 469 g/mol. The third-order valence-corrected chi connectivity index (χ3v) is 8.17. The van der Waals surface area contributed by atoms with Crippen LogP contribution in [0.3, 0.4) is 0 Å². The Morgan fingerprint density at radius 1 is 1.00 bits per heavy atom. The topological polar surface area (TPSA) is 95.6 Å². The fourth-order valence-corrected chi connectivity index (χ4v) is 6.10. The lowest BCUT2D eigenvalue weighted by molar-refractivity contribution is -0.128. The number of sulfonamides is 1. The van der Waals surface area contributed by atoms with Gasteiger partial charge in [0.2, 0.25) is 21.8 Å². The molecule has 1 saturated heterocycles. The van der Waals surface area contributed by atoms with E-state index >= 15 is 0 Å². The highest BCUT2D eigenvalue weighted by Crippen LogP contribution is 2.27. The van der Waals surface area contributed by atoms with Gasteiger partial charge >= 0.3 is 0 Å². The highest BCUT2D eigenvalue weighted by atomic mass is 32.2. The van der Waals surface area contributed by atoms with Crippen LogP contribution in [-0.4, -0.2) is 49.7 Å². The first-order valence-electron chi connectivity index (χ1n) is 11.5. The Bertz CT molecular complexity index is 1310. The summed E-state index contributed by atoms with van der Waals surface area (Å²) in [5.41, 5.74) is 0.719. The normalized spacial score (nSPS) is 16.1. The van der Waals surface area contributed by atoms with E-state index in [9.17, 15) is 22.4 Å². The molecule has 1 heterocycles. The molecule has 0 unspecified atom stereocenters. The van der Waals surface area contributed by atoms with Gasteiger partial charge in [-0.2, -0.15) is 4.31 Å². The maximum atomic E-state index is 13.4. The number of hydrogen-bond acceptors (Lipinski definition) is 4. The molecule has 2 amide bonds. The summed E-state index contributed by atoms with van der Waals surface area (Å²) in [7, 11) is -3.68. The Morgan fingerprint density at radius 2 is 1.66 bits per heavy atom. The van der Waals surface area contributed by atoms with Crippen LogP contribution < -0.4 is 10.6 Å². The van der Waals surface area contributed by atoms with Crippen molar-refractivity contribution < 1.29 is 22.4 Å². The SMILES string of the molecule is CC(=O)N[C@H](Cc1ccc(F)cc1)C(=O)NC1CCN(S(=O)(=O)c2cccc3ccccc23)CC1. The first-order chi connectivity index (χ1) is 16.7. The molecule has 4 rings (SSSR count). The minimum atomic E-state index is -3.68. The zero-order valence-corrected chi connectivity index (χ0v) is 20.2. The Kier molecular flexibility index (Phi) is 7.47.